The summed E-state index contributed by atoms with van der Waals surface area (Å²) < 4.78 is 12.6. The fourth-order valence-electron chi connectivity index (χ4n) is 4.02. The van der Waals surface area contributed by atoms with E-state index >= 15 is 0 Å². The average molecular weight is 451 g/mol. The van der Waals surface area contributed by atoms with Crippen LogP contribution < -0.4 is 10.1 Å². The number of esters is 1. The Morgan fingerprint density at radius 1 is 1.16 bits per heavy atom. The fourth-order valence-corrected chi connectivity index (χ4v) is 4.35. The number of hydrogen-bond donors (Lipinski definition) is 1. The molecule has 1 aliphatic rings. The second-order valence-electron chi connectivity index (χ2n) is 7.38. The zero-order valence-electron chi connectivity index (χ0n) is 18.1. The Morgan fingerprint density at radius 3 is 2.66 bits per heavy atom. The molecule has 3 aromatic rings. The van der Waals surface area contributed by atoms with E-state index in [1.807, 2.05) is 66.6 Å². The lowest BCUT2D eigenvalue weighted by Gasteiger charge is -2.28. The summed E-state index contributed by atoms with van der Waals surface area (Å²) in [4.78, 5) is 18.5. The molecule has 7 nitrogen and oxygen atoms in total. The minimum absolute atomic E-state index is 0.149. The van der Waals surface area contributed by atoms with E-state index in [0.717, 1.165) is 22.8 Å². The van der Waals surface area contributed by atoms with E-state index in [9.17, 15) is 4.79 Å². The maximum absolute atomic E-state index is 11.9. The molecule has 0 aliphatic carbocycles. The highest BCUT2D eigenvalue weighted by Gasteiger charge is 2.41. The van der Waals surface area contributed by atoms with Crippen LogP contribution >= 0.6 is 12.2 Å². The first kappa shape index (κ1) is 21.8. The lowest BCUT2D eigenvalue weighted by atomic mass is 10.0. The molecule has 1 aliphatic heterocycles. The quantitative estimate of drug-likeness (QED) is 0.413. The van der Waals surface area contributed by atoms with Crippen molar-refractivity contribution in [2.75, 3.05) is 20.3 Å². The molecule has 4 rings (SSSR count). The molecule has 166 valence electrons. The lowest BCUT2D eigenvalue weighted by molar-refractivity contribution is -0.140. The molecule has 1 aromatic carbocycles. The van der Waals surface area contributed by atoms with Gasteiger partial charge in [-0.05, 0) is 67.7 Å². The van der Waals surface area contributed by atoms with E-state index in [-0.39, 0.29) is 24.5 Å². The molecule has 2 aromatic heterocycles. The van der Waals surface area contributed by atoms with E-state index in [4.69, 9.17) is 21.7 Å². The number of benzene rings is 1. The van der Waals surface area contributed by atoms with Crippen molar-refractivity contribution in [2.45, 2.75) is 25.4 Å². The van der Waals surface area contributed by atoms with Gasteiger partial charge in [0.2, 0.25) is 0 Å². The van der Waals surface area contributed by atoms with Crippen molar-refractivity contribution in [2.24, 2.45) is 0 Å². The molecule has 0 spiro atoms. The Morgan fingerprint density at radius 2 is 1.97 bits per heavy atom. The topological polar surface area (TPSA) is 68.6 Å². The van der Waals surface area contributed by atoms with Gasteiger partial charge >= 0.3 is 5.97 Å². The second kappa shape index (κ2) is 9.82. The molecule has 3 heterocycles. The van der Waals surface area contributed by atoms with Crippen molar-refractivity contribution in [1.29, 1.82) is 0 Å². The molecular weight excluding hydrogens is 424 g/mol. The van der Waals surface area contributed by atoms with Gasteiger partial charge in [-0.15, -0.1) is 0 Å². The maximum atomic E-state index is 11.9. The molecule has 1 fully saturated rings. The minimum atomic E-state index is -0.269. The van der Waals surface area contributed by atoms with Crippen LogP contribution in [0.3, 0.4) is 0 Å². The van der Waals surface area contributed by atoms with E-state index in [0.29, 0.717) is 18.3 Å². The lowest BCUT2D eigenvalue weighted by Crippen LogP contribution is -2.32. The van der Waals surface area contributed by atoms with E-state index < -0.39 is 0 Å². The standard InChI is InChI=1S/C24H26N4O3S/c1-3-31-18-11-9-17(10-12-18)27-15-6-8-20(27)23-22(19-7-4-5-14-25-19)26-24(32)28(23)16-13-21(29)30-2/h4-12,14-15,22-23H,3,13,16H2,1-2H3,(H,26,32)/t22-,23-/m0/s1. The molecule has 32 heavy (non-hydrogen) atoms. The molecule has 1 saturated heterocycles. The third-order valence-electron chi connectivity index (χ3n) is 5.49. The van der Waals surface area contributed by atoms with Gasteiger partial charge in [0, 0.05) is 30.3 Å². The molecule has 8 heteroatoms. The summed E-state index contributed by atoms with van der Waals surface area (Å²) in [6, 6.07) is 17.6. The first-order chi connectivity index (χ1) is 15.6. The van der Waals surface area contributed by atoms with Crippen molar-refractivity contribution in [1.82, 2.24) is 19.8 Å². The highest BCUT2D eigenvalue weighted by Crippen LogP contribution is 2.39. The van der Waals surface area contributed by atoms with Gasteiger partial charge in [-0.2, -0.15) is 0 Å². The van der Waals surface area contributed by atoms with E-state index in [2.05, 4.69) is 20.9 Å². The first-order valence-electron chi connectivity index (χ1n) is 10.6. The summed E-state index contributed by atoms with van der Waals surface area (Å²) in [6.07, 6.45) is 4.05. The van der Waals surface area contributed by atoms with Crippen LogP contribution in [0.2, 0.25) is 0 Å². The highest BCUT2D eigenvalue weighted by molar-refractivity contribution is 7.80. The summed E-state index contributed by atoms with van der Waals surface area (Å²) >= 11 is 5.67. The molecular formula is C24H26N4O3S. The van der Waals surface area contributed by atoms with Gasteiger partial charge in [0.05, 0.1) is 37.9 Å². The van der Waals surface area contributed by atoms with Crippen LogP contribution in [0.4, 0.5) is 0 Å². The third-order valence-corrected chi connectivity index (χ3v) is 5.84. The Hall–Kier alpha value is -3.39. The summed E-state index contributed by atoms with van der Waals surface area (Å²) in [7, 11) is 1.40. The Bertz CT molecular complexity index is 1070. The van der Waals surface area contributed by atoms with Crippen LogP contribution in [0.1, 0.15) is 36.8 Å². The number of hydrogen-bond acceptors (Lipinski definition) is 5. The number of aromatic nitrogens is 2. The number of thiocarbonyl (C=S) groups is 1. The summed E-state index contributed by atoms with van der Waals surface area (Å²) in [6.45, 7) is 3.04. The highest BCUT2D eigenvalue weighted by atomic mass is 32.1. The number of ether oxygens (including phenoxy) is 2. The van der Waals surface area contributed by atoms with Crippen LogP contribution in [-0.2, 0) is 9.53 Å². The number of nitrogens with one attached hydrogen (secondary N) is 1. The SMILES string of the molecule is CCOc1ccc(-n2cccc2[C@H]2[C@H](c3ccccn3)NC(=S)N2CCC(=O)OC)cc1. The van der Waals surface area contributed by atoms with Crippen molar-refractivity contribution >= 4 is 23.3 Å². The first-order valence-corrected chi connectivity index (χ1v) is 11.0. The van der Waals surface area contributed by atoms with Crippen LogP contribution in [0.5, 0.6) is 5.75 Å². The van der Waals surface area contributed by atoms with Gasteiger partial charge in [0.1, 0.15) is 5.75 Å². The normalized spacial score (nSPS) is 17.8. The molecule has 2 atom stereocenters. The number of carbonyl (C=O) groups is 1. The van der Waals surface area contributed by atoms with Gasteiger partial charge < -0.3 is 24.3 Å². The molecule has 0 unspecified atom stereocenters. The molecule has 0 saturated carbocycles. The zero-order valence-corrected chi connectivity index (χ0v) is 18.9. The molecule has 0 amide bonds. The van der Waals surface area contributed by atoms with Gasteiger partial charge in [0.15, 0.2) is 5.11 Å². The van der Waals surface area contributed by atoms with Crippen molar-refractivity contribution in [3.63, 3.8) is 0 Å². The zero-order chi connectivity index (χ0) is 22.5. The summed E-state index contributed by atoms with van der Waals surface area (Å²) in [5.41, 5.74) is 2.95. The Kier molecular flexibility index (Phi) is 6.70. The van der Waals surface area contributed by atoms with Crippen molar-refractivity contribution < 1.29 is 14.3 Å². The maximum Gasteiger partial charge on any atom is 0.307 e. The van der Waals surface area contributed by atoms with E-state index in [1.54, 1.807) is 6.20 Å². The van der Waals surface area contributed by atoms with Crippen LogP contribution in [0.15, 0.2) is 67.0 Å². The fraction of sp³-hybridized carbons (Fsp3) is 0.292. The van der Waals surface area contributed by atoms with Gasteiger partial charge in [-0.25, -0.2) is 0 Å². The third kappa shape index (κ3) is 4.45. The predicted molar refractivity (Wildman–Crippen MR) is 126 cm³/mol. The van der Waals surface area contributed by atoms with Gasteiger partial charge in [-0.3, -0.25) is 9.78 Å². The average Bonchev–Trinajstić information content (AvgIpc) is 3.43. The molecule has 0 radical (unpaired) electrons. The monoisotopic (exact) mass is 450 g/mol. The smallest absolute Gasteiger partial charge is 0.307 e. The predicted octanol–water partition coefficient (Wildman–Crippen LogP) is 3.81. The van der Waals surface area contributed by atoms with Crippen LogP contribution in [0.25, 0.3) is 5.69 Å². The van der Waals surface area contributed by atoms with Gasteiger partial charge in [0.25, 0.3) is 0 Å². The largest absolute Gasteiger partial charge is 0.494 e. The number of carbonyl (C=O) groups excluding carboxylic acids is 1. The number of methoxy groups -OCH3 is 1. The Balaban J connectivity index is 1.72. The van der Waals surface area contributed by atoms with Crippen molar-refractivity contribution in [3.05, 3.63) is 78.4 Å². The molecule has 1 N–H and O–H groups in total. The number of rotatable bonds is 8. The summed E-state index contributed by atoms with van der Waals surface area (Å²) in [5, 5.41) is 4.01. The van der Waals surface area contributed by atoms with Crippen molar-refractivity contribution in [3.8, 4) is 11.4 Å². The number of pyridine rings is 1. The van der Waals surface area contributed by atoms with Gasteiger partial charge in [-0.1, -0.05) is 6.07 Å². The minimum Gasteiger partial charge on any atom is -0.494 e. The molecule has 0 bridgehead atoms. The van der Waals surface area contributed by atoms with Crippen LogP contribution in [-0.4, -0.2) is 45.8 Å². The van der Waals surface area contributed by atoms with E-state index in [1.165, 1.54) is 7.11 Å². The Labute approximate surface area is 193 Å². The summed E-state index contributed by atoms with van der Waals surface area (Å²) in [5.74, 6) is 0.564. The van der Waals surface area contributed by atoms with Crippen LogP contribution in [0, 0.1) is 0 Å². The second-order valence-corrected chi connectivity index (χ2v) is 7.76. The number of nitrogens with zero attached hydrogens (tertiary/aromatic N) is 3.